The van der Waals surface area contributed by atoms with Crippen molar-refractivity contribution in [3.8, 4) is 0 Å². The lowest BCUT2D eigenvalue weighted by Gasteiger charge is -2.16. The second-order valence-corrected chi connectivity index (χ2v) is 10.7. The Balaban J connectivity index is 1.12. The maximum absolute atomic E-state index is 12.1. The van der Waals surface area contributed by atoms with Crippen LogP contribution in [0.5, 0.6) is 0 Å². The molecule has 1 aromatic rings. The quantitative estimate of drug-likeness (QED) is 0.106. The predicted octanol–water partition coefficient (Wildman–Crippen LogP) is 3.63. The number of carbonyl (C=O) groups is 3. The van der Waals surface area contributed by atoms with E-state index in [4.69, 9.17) is 5.53 Å². The first-order valence-electron chi connectivity index (χ1n) is 12.8. The molecule has 0 aromatic heterocycles. The fourth-order valence-corrected chi connectivity index (χ4v) is 6.21. The third kappa shape index (κ3) is 9.49. The number of ketones is 1. The molecule has 1 aromatic carbocycles. The minimum Gasteiger partial charge on any atom is -0.361 e. The topological polar surface area (TPSA) is 124 Å². The highest BCUT2D eigenvalue weighted by Crippen LogP contribution is 2.33. The van der Waals surface area contributed by atoms with Crippen LogP contribution in [-0.4, -0.2) is 58.4 Å². The van der Waals surface area contributed by atoms with Crippen LogP contribution in [0.25, 0.3) is 5.53 Å². The van der Waals surface area contributed by atoms with Crippen molar-refractivity contribution in [2.24, 2.45) is 0 Å². The molecule has 8 nitrogen and oxygen atoms in total. The summed E-state index contributed by atoms with van der Waals surface area (Å²) in [5.74, 6) is 1.39. The van der Waals surface area contributed by atoms with Gasteiger partial charge in [0.2, 0.25) is 5.91 Å². The molecule has 2 aliphatic rings. The Bertz CT molecular complexity index is 901. The van der Waals surface area contributed by atoms with Crippen LogP contribution < -0.4 is 16.0 Å². The molecule has 2 aliphatic heterocycles. The van der Waals surface area contributed by atoms with Crippen LogP contribution in [0.15, 0.2) is 24.3 Å². The molecule has 3 rings (SSSR count). The third-order valence-corrected chi connectivity index (χ3v) is 8.17. The zero-order valence-corrected chi connectivity index (χ0v) is 21.2. The van der Waals surface area contributed by atoms with E-state index in [-0.39, 0.29) is 24.0 Å². The highest BCUT2D eigenvalue weighted by atomic mass is 32.2. The van der Waals surface area contributed by atoms with Gasteiger partial charge in [-0.25, -0.2) is 4.79 Å². The van der Waals surface area contributed by atoms with E-state index in [1.165, 1.54) is 6.21 Å². The maximum atomic E-state index is 12.1. The summed E-state index contributed by atoms with van der Waals surface area (Å²) >= 11 is 1.92. The van der Waals surface area contributed by atoms with E-state index in [2.05, 4.69) is 20.7 Å². The first kappa shape index (κ1) is 27.0. The van der Waals surface area contributed by atoms with Gasteiger partial charge in [0.05, 0.1) is 17.6 Å². The van der Waals surface area contributed by atoms with Gasteiger partial charge in [-0.15, -0.1) is 0 Å². The van der Waals surface area contributed by atoms with E-state index in [0.717, 1.165) is 68.2 Å². The number of carbonyl (C=O) groups excluding carboxylic acids is 3. The predicted molar refractivity (Wildman–Crippen MR) is 139 cm³/mol. The summed E-state index contributed by atoms with van der Waals surface area (Å²) in [5.41, 5.74) is 10.5. The van der Waals surface area contributed by atoms with Crippen molar-refractivity contribution in [1.29, 1.82) is 0 Å². The molecule has 2 saturated heterocycles. The summed E-state index contributed by atoms with van der Waals surface area (Å²) in [6.07, 6.45) is 10.7. The van der Waals surface area contributed by atoms with Gasteiger partial charge in [-0.1, -0.05) is 31.4 Å². The Morgan fingerprint density at radius 1 is 1.03 bits per heavy atom. The number of unbranched alkanes of at least 4 members (excludes halogenated alkanes) is 4. The van der Waals surface area contributed by atoms with E-state index in [0.29, 0.717) is 36.8 Å². The molecule has 0 radical (unpaired) electrons. The zero-order valence-electron chi connectivity index (χ0n) is 20.3. The Labute approximate surface area is 212 Å². The monoisotopic (exact) mass is 499 g/mol. The first-order valence-corrected chi connectivity index (χ1v) is 13.8. The van der Waals surface area contributed by atoms with Gasteiger partial charge in [0, 0.05) is 36.8 Å². The van der Waals surface area contributed by atoms with E-state index in [9.17, 15) is 14.4 Å². The molecule has 190 valence electrons. The number of amides is 3. The Morgan fingerprint density at radius 3 is 2.49 bits per heavy atom. The zero-order chi connectivity index (χ0) is 24.9. The van der Waals surface area contributed by atoms with Gasteiger partial charge in [0.25, 0.3) is 6.21 Å². The van der Waals surface area contributed by atoms with Crippen molar-refractivity contribution in [1.82, 2.24) is 16.0 Å². The summed E-state index contributed by atoms with van der Waals surface area (Å²) in [6.45, 7) is 0.604. The minimum atomic E-state index is -0.0463. The lowest BCUT2D eigenvalue weighted by Crippen LogP contribution is -2.36. The van der Waals surface area contributed by atoms with Gasteiger partial charge >= 0.3 is 6.03 Å². The van der Waals surface area contributed by atoms with Crippen LogP contribution in [0.2, 0.25) is 0 Å². The molecule has 9 heteroatoms. The standard InChI is InChI=1S/C26H37N5O3S/c27-29-17-20-13-11-19(12-14-20)15-16-28-24(33)10-4-2-1-3-7-21(32)8-5-6-9-23-25-22(18-35-23)30-26(34)31-25/h11-14,17,22-23,25H,1-10,15-16,18H2,(H,28,33)(H2,30,31,34)/t22-,23-,25-/m0/s1. The fourth-order valence-electron chi connectivity index (χ4n) is 4.67. The van der Waals surface area contributed by atoms with Crippen LogP contribution in [-0.2, 0) is 16.0 Å². The molecule has 0 bridgehead atoms. The number of benzene rings is 1. The molecule has 3 N–H and O–H groups in total. The largest absolute Gasteiger partial charge is 0.361 e. The van der Waals surface area contributed by atoms with Crippen molar-refractivity contribution in [3.05, 3.63) is 40.9 Å². The molecule has 0 unspecified atom stereocenters. The smallest absolute Gasteiger partial charge is 0.315 e. The summed E-state index contributed by atoms with van der Waals surface area (Å²) in [4.78, 5) is 38.6. The van der Waals surface area contributed by atoms with Crippen LogP contribution >= 0.6 is 11.8 Å². The van der Waals surface area contributed by atoms with Crippen LogP contribution in [0, 0.1) is 0 Å². The van der Waals surface area contributed by atoms with Crippen LogP contribution in [0.3, 0.4) is 0 Å². The number of rotatable bonds is 16. The summed E-state index contributed by atoms with van der Waals surface area (Å²) < 4.78 is 0. The second kappa shape index (κ2) is 14.7. The number of thioether (sulfide) groups is 1. The molecule has 0 aliphatic carbocycles. The van der Waals surface area contributed by atoms with Crippen molar-refractivity contribution in [2.75, 3.05) is 12.3 Å². The molecule has 35 heavy (non-hydrogen) atoms. The second-order valence-electron chi connectivity index (χ2n) is 9.41. The SMILES string of the molecule is [N-]=[N+]=Cc1ccc(CCNC(=O)CCCCCCC(=O)CCCC[C@@H]2SC[C@@H]3NC(=O)N[C@@H]32)cc1. The average Bonchev–Trinajstić information content (AvgIpc) is 3.39. The number of hydrogen-bond donors (Lipinski definition) is 3. The van der Waals surface area contributed by atoms with Gasteiger partial charge < -0.3 is 21.5 Å². The Hall–Kier alpha value is -2.64. The normalized spacial score (nSPS) is 20.5. The summed E-state index contributed by atoms with van der Waals surface area (Å²) in [7, 11) is 0. The number of Topliss-reactive ketones (excluding diaryl/α,β-unsaturated/α-hetero) is 1. The molecule has 2 heterocycles. The number of hydrogen-bond acceptors (Lipinski definition) is 4. The Morgan fingerprint density at radius 2 is 1.74 bits per heavy atom. The van der Waals surface area contributed by atoms with Gasteiger partial charge in [0.1, 0.15) is 5.78 Å². The molecule has 3 atom stereocenters. The molecule has 3 amide bonds. The minimum absolute atomic E-state index is 0.0463. The van der Waals surface area contributed by atoms with Gasteiger partial charge in [0.15, 0.2) is 0 Å². The number of nitrogens with zero attached hydrogens (tertiary/aromatic N) is 2. The van der Waals surface area contributed by atoms with Gasteiger partial charge in [-0.05, 0) is 49.8 Å². The van der Waals surface area contributed by atoms with E-state index in [1.807, 2.05) is 36.0 Å². The molecule has 0 spiro atoms. The van der Waals surface area contributed by atoms with Gasteiger partial charge in [-0.3, -0.25) is 9.59 Å². The van der Waals surface area contributed by atoms with E-state index >= 15 is 0 Å². The lowest BCUT2D eigenvalue weighted by atomic mass is 10.0. The lowest BCUT2D eigenvalue weighted by molar-refractivity contribution is -0.121. The summed E-state index contributed by atoms with van der Waals surface area (Å²) in [5, 5.41) is 9.40. The highest BCUT2D eigenvalue weighted by Gasteiger charge is 2.42. The molecular weight excluding hydrogens is 462 g/mol. The van der Waals surface area contributed by atoms with E-state index in [1.54, 1.807) is 0 Å². The van der Waals surface area contributed by atoms with Crippen molar-refractivity contribution in [2.45, 2.75) is 88.0 Å². The van der Waals surface area contributed by atoms with Crippen LogP contribution in [0.4, 0.5) is 4.79 Å². The highest BCUT2D eigenvalue weighted by molar-refractivity contribution is 8.00. The van der Waals surface area contributed by atoms with E-state index < -0.39 is 0 Å². The molecule has 0 saturated carbocycles. The van der Waals surface area contributed by atoms with Crippen molar-refractivity contribution in [3.63, 3.8) is 0 Å². The molecule has 2 fully saturated rings. The van der Waals surface area contributed by atoms with Crippen LogP contribution in [0.1, 0.15) is 75.3 Å². The number of nitrogens with one attached hydrogen (secondary N) is 3. The molecular formula is C26H37N5O3S. The maximum Gasteiger partial charge on any atom is 0.315 e. The average molecular weight is 500 g/mol. The van der Waals surface area contributed by atoms with Crippen molar-refractivity contribution >= 4 is 35.7 Å². The fraction of sp³-hybridized carbons (Fsp3) is 0.615. The summed E-state index contributed by atoms with van der Waals surface area (Å²) in [6, 6.07) is 8.14. The third-order valence-electron chi connectivity index (χ3n) is 6.66. The number of urea groups is 1. The Kier molecular flexibility index (Phi) is 11.3. The first-order chi connectivity index (χ1) is 17.0. The van der Waals surface area contributed by atoms with Gasteiger partial charge in [-0.2, -0.15) is 16.6 Å². The number of fused-ring (bicyclic) bond motifs is 1. The van der Waals surface area contributed by atoms with Crippen molar-refractivity contribution < 1.29 is 19.2 Å².